The number of halogens is 1. The zero-order valence-corrected chi connectivity index (χ0v) is 15.9. The summed E-state index contributed by atoms with van der Waals surface area (Å²) < 4.78 is 7.10. The highest BCUT2D eigenvalue weighted by atomic mass is 35.5. The molecular formula is C20H18ClN5O. The van der Waals surface area contributed by atoms with Crippen molar-refractivity contribution < 1.29 is 4.74 Å². The lowest BCUT2D eigenvalue weighted by Crippen LogP contribution is -2.02. The molecule has 0 unspecified atom stereocenters. The lowest BCUT2D eigenvalue weighted by Gasteiger charge is -2.11. The molecule has 0 saturated heterocycles. The van der Waals surface area contributed by atoms with E-state index in [1.807, 2.05) is 56.4 Å². The summed E-state index contributed by atoms with van der Waals surface area (Å²) in [6.07, 6.45) is 0. The maximum absolute atomic E-state index is 6.14. The van der Waals surface area contributed by atoms with Crippen LogP contribution in [0.25, 0.3) is 22.4 Å². The molecule has 0 fully saturated rings. The summed E-state index contributed by atoms with van der Waals surface area (Å²) in [5.74, 6) is 1.91. The molecule has 2 aromatic carbocycles. The van der Waals surface area contributed by atoms with E-state index in [0.29, 0.717) is 22.4 Å². The van der Waals surface area contributed by atoms with Gasteiger partial charge in [0, 0.05) is 24.4 Å². The summed E-state index contributed by atoms with van der Waals surface area (Å²) in [7, 11) is 3.47. The monoisotopic (exact) mass is 379 g/mol. The quantitative estimate of drug-likeness (QED) is 0.554. The average Bonchev–Trinajstić information content (AvgIpc) is 2.98. The van der Waals surface area contributed by atoms with Crippen molar-refractivity contribution in [2.45, 2.75) is 6.92 Å². The van der Waals surface area contributed by atoms with Crippen LogP contribution in [0.5, 0.6) is 5.75 Å². The SMILES string of the molecule is COc1cc(Nc2nc(-c3ccccc3)nc3c(C)nn(C)c23)ccc1Cl. The first-order chi connectivity index (χ1) is 13.1. The highest BCUT2D eigenvalue weighted by molar-refractivity contribution is 6.32. The minimum absolute atomic E-state index is 0.553. The number of hydrogen-bond acceptors (Lipinski definition) is 5. The second-order valence-corrected chi connectivity index (χ2v) is 6.55. The standard InChI is InChI=1S/C20H18ClN5O/c1-12-17-18(26(2)25-12)20(22-14-9-10-15(21)16(11-14)27-3)24-19(23-17)13-7-5-4-6-8-13/h4-11H,1-3H3,(H,22,23,24). The molecular weight excluding hydrogens is 362 g/mol. The molecule has 6 nitrogen and oxygen atoms in total. The Morgan fingerprint density at radius 3 is 2.59 bits per heavy atom. The molecule has 0 spiro atoms. The van der Waals surface area contributed by atoms with E-state index in [1.54, 1.807) is 17.9 Å². The van der Waals surface area contributed by atoms with E-state index in [2.05, 4.69) is 10.4 Å². The molecule has 0 radical (unpaired) electrons. The predicted molar refractivity (Wildman–Crippen MR) is 108 cm³/mol. The molecule has 2 heterocycles. The first-order valence-corrected chi connectivity index (χ1v) is 8.82. The number of aromatic nitrogens is 4. The number of nitrogens with zero attached hydrogens (tertiary/aromatic N) is 4. The number of anilines is 2. The minimum atomic E-state index is 0.553. The number of rotatable bonds is 4. The molecule has 0 aliphatic rings. The fourth-order valence-corrected chi connectivity index (χ4v) is 3.21. The maximum atomic E-state index is 6.14. The van der Waals surface area contributed by atoms with Crippen molar-refractivity contribution in [3.8, 4) is 17.1 Å². The van der Waals surface area contributed by atoms with Crippen molar-refractivity contribution >= 4 is 34.1 Å². The first-order valence-electron chi connectivity index (χ1n) is 8.44. The normalized spacial score (nSPS) is 11.0. The van der Waals surface area contributed by atoms with Gasteiger partial charge in [-0.25, -0.2) is 9.97 Å². The Kier molecular flexibility index (Phi) is 4.41. The fourth-order valence-electron chi connectivity index (χ4n) is 3.01. The van der Waals surface area contributed by atoms with Crippen LogP contribution < -0.4 is 10.1 Å². The zero-order valence-electron chi connectivity index (χ0n) is 15.2. The van der Waals surface area contributed by atoms with Gasteiger partial charge in [-0.1, -0.05) is 41.9 Å². The maximum Gasteiger partial charge on any atom is 0.162 e. The average molecular weight is 380 g/mol. The van der Waals surface area contributed by atoms with Crippen molar-refractivity contribution in [3.63, 3.8) is 0 Å². The molecule has 0 atom stereocenters. The molecule has 4 rings (SSSR count). The second-order valence-electron chi connectivity index (χ2n) is 6.14. The summed E-state index contributed by atoms with van der Waals surface area (Å²) in [6, 6.07) is 15.4. The zero-order chi connectivity index (χ0) is 19.0. The van der Waals surface area contributed by atoms with Gasteiger partial charge in [-0.2, -0.15) is 5.10 Å². The molecule has 0 aliphatic heterocycles. The highest BCUT2D eigenvalue weighted by Gasteiger charge is 2.16. The van der Waals surface area contributed by atoms with Gasteiger partial charge in [0.15, 0.2) is 11.6 Å². The van der Waals surface area contributed by atoms with E-state index in [1.165, 1.54) is 0 Å². The van der Waals surface area contributed by atoms with Crippen LogP contribution in [0.4, 0.5) is 11.5 Å². The van der Waals surface area contributed by atoms with Crippen molar-refractivity contribution in [1.82, 2.24) is 19.7 Å². The molecule has 4 aromatic rings. The Hall–Kier alpha value is -3.12. The largest absolute Gasteiger partial charge is 0.495 e. The number of methoxy groups -OCH3 is 1. The molecule has 1 N–H and O–H groups in total. The predicted octanol–water partition coefficient (Wildman–Crippen LogP) is 4.74. The van der Waals surface area contributed by atoms with Gasteiger partial charge in [-0.05, 0) is 19.1 Å². The van der Waals surface area contributed by atoms with Gasteiger partial charge in [0.05, 0.1) is 17.8 Å². The van der Waals surface area contributed by atoms with Gasteiger partial charge in [0.1, 0.15) is 16.8 Å². The fraction of sp³-hybridized carbons (Fsp3) is 0.150. The van der Waals surface area contributed by atoms with Crippen LogP contribution in [0.3, 0.4) is 0 Å². The third-order valence-electron chi connectivity index (χ3n) is 4.30. The summed E-state index contributed by atoms with van der Waals surface area (Å²) in [4.78, 5) is 9.50. The highest BCUT2D eigenvalue weighted by Crippen LogP contribution is 2.32. The van der Waals surface area contributed by atoms with E-state index < -0.39 is 0 Å². The number of hydrogen-bond donors (Lipinski definition) is 1. The third kappa shape index (κ3) is 3.19. The van der Waals surface area contributed by atoms with E-state index in [0.717, 1.165) is 28.0 Å². The van der Waals surface area contributed by atoms with Gasteiger partial charge < -0.3 is 10.1 Å². The molecule has 0 bridgehead atoms. The van der Waals surface area contributed by atoms with Gasteiger partial charge in [0.25, 0.3) is 0 Å². The second kappa shape index (κ2) is 6.89. The molecule has 2 aromatic heterocycles. The Morgan fingerprint density at radius 2 is 1.85 bits per heavy atom. The molecule has 27 heavy (non-hydrogen) atoms. The van der Waals surface area contributed by atoms with Crippen molar-refractivity contribution in [3.05, 3.63) is 59.2 Å². The number of fused-ring (bicyclic) bond motifs is 1. The molecule has 136 valence electrons. The number of aryl methyl sites for hydroxylation is 2. The van der Waals surface area contributed by atoms with Crippen molar-refractivity contribution in [1.29, 1.82) is 0 Å². The van der Waals surface area contributed by atoms with Crippen molar-refractivity contribution in [2.75, 3.05) is 12.4 Å². The topological polar surface area (TPSA) is 64.9 Å². The number of ether oxygens (including phenoxy) is 1. The van der Waals surface area contributed by atoms with Crippen LogP contribution in [-0.4, -0.2) is 26.9 Å². The van der Waals surface area contributed by atoms with Gasteiger partial charge in [-0.15, -0.1) is 0 Å². The lowest BCUT2D eigenvalue weighted by atomic mass is 10.2. The molecule has 0 saturated carbocycles. The van der Waals surface area contributed by atoms with Crippen LogP contribution in [0.15, 0.2) is 48.5 Å². The van der Waals surface area contributed by atoms with Crippen LogP contribution in [0, 0.1) is 6.92 Å². The van der Waals surface area contributed by atoms with Gasteiger partial charge in [0.2, 0.25) is 0 Å². The van der Waals surface area contributed by atoms with Crippen LogP contribution in [0.1, 0.15) is 5.69 Å². The van der Waals surface area contributed by atoms with Crippen LogP contribution in [0.2, 0.25) is 5.02 Å². The summed E-state index contributed by atoms with van der Waals surface area (Å²) in [5, 5.41) is 8.42. The van der Waals surface area contributed by atoms with E-state index in [4.69, 9.17) is 26.3 Å². The van der Waals surface area contributed by atoms with Gasteiger partial charge in [-0.3, -0.25) is 4.68 Å². The van der Waals surface area contributed by atoms with Crippen molar-refractivity contribution in [2.24, 2.45) is 7.05 Å². The number of benzene rings is 2. The minimum Gasteiger partial charge on any atom is -0.495 e. The number of nitrogens with one attached hydrogen (secondary N) is 1. The van der Waals surface area contributed by atoms with E-state index >= 15 is 0 Å². The molecule has 7 heteroatoms. The molecule has 0 amide bonds. The summed E-state index contributed by atoms with van der Waals surface area (Å²) >= 11 is 6.14. The summed E-state index contributed by atoms with van der Waals surface area (Å²) in [6.45, 7) is 1.94. The first kappa shape index (κ1) is 17.3. The Bertz CT molecular complexity index is 1120. The molecule has 0 aliphatic carbocycles. The lowest BCUT2D eigenvalue weighted by molar-refractivity contribution is 0.415. The van der Waals surface area contributed by atoms with Crippen LogP contribution in [-0.2, 0) is 7.05 Å². The Labute approximate surface area is 161 Å². The summed E-state index contributed by atoms with van der Waals surface area (Å²) in [5.41, 5.74) is 4.26. The smallest absolute Gasteiger partial charge is 0.162 e. The van der Waals surface area contributed by atoms with Gasteiger partial charge >= 0.3 is 0 Å². The third-order valence-corrected chi connectivity index (χ3v) is 4.61. The Morgan fingerprint density at radius 1 is 1.07 bits per heavy atom. The Balaban J connectivity index is 1.88. The van der Waals surface area contributed by atoms with E-state index in [-0.39, 0.29) is 0 Å². The van der Waals surface area contributed by atoms with E-state index in [9.17, 15) is 0 Å². The van der Waals surface area contributed by atoms with Crippen LogP contribution >= 0.6 is 11.6 Å².